The summed E-state index contributed by atoms with van der Waals surface area (Å²) in [4.78, 5) is 11.6. The van der Waals surface area contributed by atoms with E-state index < -0.39 is 28.0 Å². The Labute approximate surface area is 146 Å². The number of nitrogens with one attached hydrogen (secondary N) is 2. The Hall–Kier alpha value is -1.55. The van der Waals surface area contributed by atoms with Crippen LogP contribution >= 0.6 is 0 Å². The number of rotatable bonds is 7. The number of hydrogen-bond acceptors (Lipinski definition) is 5. The van der Waals surface area contributed by atoms with E-state index in [0.717, 1.165) is 12.1 Å². The van der Waals surface area contributed by atoms with Crippen molar-refractivity contribution >= 4 is 15.9 Å². The molecule has 0 spiro atoms. The van der Waals surface area contributed by atoms with Gasteiger partial charge in [0.2, 0.25) is 15.9 Å². The number of amides is 1. The molecule has 3 atom stereocenters. The largest absolute Gasteiger partial charge is 0.394 e. The van der Waals surface area contributed by atoms with Crippen LogP contribution in [-0.4, -0.2) is 50.8 Å². The Kier molecular flexibility index (Phi) is 6.88. The van der Waals surface area contributed by atoms with Crippen LogP contribution in [0.25, 0.3) is 0 Å². The average Bonchev–Trinajstić information content (AvgIpc) is 2.56. The summed E-state index contributed by atoms with van der Waals surface area (Å²) in [6.45, 7) is 1.97. The number of hydrogen-bond donors (Lipinski definition) is 3. The van der Waals surface area contributed by atoms with Gasteiger partial charge >= 0.3 is 0 Å². The molecule has 0 saturated carbocycles. The van der Waals surface area contributed by atoms with E-state index in [9.17, 15) is 22.7 Å². The lowest BCUT2D eigenvalue weighted by molar-refractivity contribution is -0.130. The van der Waals surface area contributed by atoms with Crippen molar-refractivity contribution in [2.24, 2.45) is 0 Å². The molecule has 25 heavy (non-hydrogen) atoms. The van der Waals surface area contributed by atoms with Crippen LogP contribution in [0.3, 0.4) is 0 Å². The minimum Gasteiger partial charge on any atom is -0.394 e. The zero-order valence-corrected chi connectivity index (χ0v) is 14.8. The monoisotopic (exact) mass is 374 g/mol. The van der Waals surface area contributed by atoms with E-state index in [-0.39, 0.29) is 29.9 Å². The molecule has 1 heterocycles. The van der Waals surface area contributed by atoms with Gasteiger partial charge in [-0.2, -0.15) is 0 Å². The van der Waals surface area contributed by atoms with E-state index in [4.69, 9.17) is 4.74 Å². The lowest BCUT2D eigenvalue weighted by Gasteiger charge is -2.35. The van der Waals surface area contributed by atoms with Crippen molar-refractivity contribution in [2.75, 3.05) is 13.2 Å². The van der Waals surface area contributed by atoms with Crippen LogP contribution in [0.2, 0.25) is 0 Å². The van der Waals surface area contributed by atoms with Crippen molar-refractivity contribution in [3.05, 3.63) is 30.1 Å². The molecule has 7 nitrogen and oxygen atoms in total. The molecule has 1 aromatic carbocycles. The Balaban J connectivity index is 2.00. The van der Waals surface area contributed by atoms with Crippen LogP contribution in [0.15, 0.2) is 29.2 Å². The summed E-state index contributed by atoms with van der Waals surface area (Å²) in [6, 6.07) is 3.86. The predicted octanol–water partition coefficient (Wildman–Crippen LogP) is 0.539. The number of carbonyl (C=O) groups is 1. The summed E-state index contributed by atoms with van der Waals surface area (Å²) in [7, 11) is -3.86. The van der Waals surface area contributed by atoms with Gasteiger partial charge in [-0.1, -0.05) is 0 Å². The van der Waals surface area contributed by atoms with Crippen LogP contribution in [-0.2, 0) is 19.6 Å². The number of aliphatic hydroxyl groups excluding tert-OH is 1. The number of ether oxygens (including phenoxy) is 1. The molecular weight excluding hydrogens is 351 g/mol. The molecule has 1 amide bonds. The lowest BCUT2D eigenvalue weighted by Crippen LogP contribution is -2.51. The van der Waals surface area contributed by atoms with Crippen molar-refractivity contribution in [3.8, 4) is 0 Å². The van der Waals surface area contributed by atoms with Crippen LogP contribution in [0.5, 0.6) is 0 Å². The standard InChI is InChI=1S/C16H23FN2O5S/c1-2-18-16(21)9-12-5-8-14(15(10-20)24-12)19-25(22,23)13-6-3-11(17)4-7-13/h3-4,6-7,12,14-15,19-20H,2,5,8-10H2,1H3,(H,18,21)/t12-,14-,15+/m1/s1. The van der Waals surface area contributed by atoms with Crippen LogP contribution in [0, 0.1) is 5.82 Å². The fourth-order valence-corrected chi connectivity index (χ4v) is 4.07. The SMILES string of the molecule is CCNC(=O)C[C@H]1CC[C@@H](NS(=O)(=O)c2ccc(F)cc2)[C@H](CO)O1. The van der Waals surface area contributed by atoms with Crippen molar-refractivity contribution in [1.82, 2.24) is 10.0 Å². The van der Waals surface area contributed by atoms with Crippen LogP contribution in [0.4, 0.5) is 4.39 Å². The summed E-state index contributed by atoms with van der Waals surface area (Å²) >= 11 is 0. The topological polar surface area (TPSA) is 105 Å². The molecule has 3 N–H and O–H groups in total. The third-order valence-electron chi connectivity index (χ3n) is 4.01. The van der Waals surface area contributed by atoms with Gasteiger partial charge in [0.05, 0.1) is 36.2 Å². The van der Waals surface area contributed by atoms with Gasteiger partial charge in [0.25, 0.3) is 0 Å². The summed E-state index contributed by atoms with van der Waals surface area (Å²) in [5.74, 6) is -0.670. The maximum Gasteiger partial charge on any atom is 0.240 e. The van der Waals surface area contributed by atoms with E-state index in [2.05, 4.69) is 10.0 Å². The first-order valence-electron chi connectivity index (χ1n) is 8.16. The molecule has 9 heteroatoms. The van der Waals surface area contributed by atoms with Gasteiger partial charge in [0, 0.05) is 6.54 Å². The summed E-state index contributed by atoms with van der Waals surface area (Å²) in [5, 5.41) is 12.2. The smallest absolute Gasteiger partial charge is 0.240 e. The van der Waals surface area contributed by atoms with Gasteiger partial charge in [-0.15, -0.1) is 0 Å². The highest BCUT2D eigenvalue weighted by molar-refractivity contribution is 7.89. The average molecular weight is 374 g/mol. The first-order valence-corrected chi connectivity index (χ1v) is 9.65. The molecule has 2 rings (SSSR count). The summed E-state index contributed by atoms with van der Waals surface area (Å²) in [5.41, 5.74) is 0. The van der Waals surface area contributed by atoms with Gasteiger partial charge in [0.15, 0.2) is 0 Å². The molecule has 140 valence electrons. The van der Waals surface area contributed by atoms with Gasteiger partial charge < -0.3 is 15.2 Å². The summed E-state index contributed by atoms with van der Waals surface area (Å²) in [6.07, 6.45) is -0.0273. The van der Waals surface area contributed by atoms with Crippen LogP contribution < -0.4 is 10.0 Å². The Morgan fingerprint density at radius 2 is 2.00 bits per heavy atom. The van der Waals surface area contributed by atoms with Crippen molar-refractivity contribution in [3.63, 3.8) is 0 Å². The maximum atomic E-state index is 13.0. The van der Waals surface area contributed by atoms with Crippen molar-refractivity contribution in [1.29, 1.82) is 0 Å². The Morgan fingerprint density at radius 1 is 1.32 bits per heavy atom. The molecule has 1 fully saturated rings. The van der Waals surface area contributed by atoms with Gasteiger partial charge in [-0.3, -0.25) is 4.79 Å². The highest BCUT2D eigenvalue weighted by atomic mass is 32.2. The van der Waals surface area contributed by atoms with Crippen LogP contribution in [0.1, 0.15) is 26.2 Å². The second-order valence-electron chi connectivity index (χ2n) is 5.90. The third kappa shape index (κ3) is 5.46. The van der Waals surface area contributed by atoms with E-state index in [1.54, 1.807) is 0 Å². The fourth-order valence-electron chi connectivity index (χ4n) is 2.77. The van der Waals surface area contributed by atoms with Gasteiger partial charge in [-0.25, -0.2) is 17.5 Å². The van der Waals surface area contributed by atoms with Crippen molar-refractivity contribution in [2.45, 2.75) is 49.3 Å². The maximum absolute atomic E-state index is 13.0. The van der Waals surface area contributed by atoms with E-state index in [1.807, 2.05) is 6.92 Å². The summed E-state index contributed by atoms with van der Waals surface area (Å²) < 4.78 is 45.9. The molecule has 0 unspecified atom stereocenters. The van der Waals surface area contributed by atoms with E-state index >= 15 is 0 Å². The highest BCUT2D eigenvalue weighted by Crippen LogP contribution is 2.23. The number of sulfonamides is 1. The Bertz CT molecular complexity index is 680. The molecule has 1 saturated heterocycles. The second kappa shape index (κ2) is 8.70. The number of carbonyl (C=O) groups excluding carboxylic acids is 1. The molecule has 0 aliphatic carbocycles. The first-order chi connectivity index (χ1) is 11.9. The predicted molar refractivity (Wildman–Crippen MR) is 88.8 cm³/mol. The molecule has 0 bridgehead atoms. The number of benzene rings is 1. The normalized spacial score (nSPS) is 24.0. The lowest BCUT2D eigenvalue weighted by atomic mass is 9.98. The molecular formula is C16H23FN2O5S. The zero-order chi connectivity index (χ0) is 18.4. The third-order valence-corrected chi connectivity index (χ3v) is 5.52. The number of aliphatic hydroxyl groups is 1. The molecule has 0 aromatic heterocycles. The minimum absolute atomic E-state index is 0.0602. The van der Waals surface area contributed by atoms with Crippen molar-refractivity contribution < 1.29 is 27.4 Å². The minimum atomic E-state index is -3.86. The zero-order valence-electron chi connectivity index (χ0n) is 13.9. The highest BCUT2D eigenvalue weighted by Gasteiger charge is 2.34. The fraction of sp³-hybridized carbons (Fsp3) is 0.562. The Morgan fingerprint density at radius 3 is 2.60 bits per heavy atom. The second-order valence-corrected chi connectivity index (χ2v) is 7.61. The number of halogens is 1. The van der Waals surface area contributed by atoms with E-state index in [0.29, 0.717) is 19.4 Å². The molecule has 1 aliphatic rings. The van der Waals surface area contributed by atoms with Gasteiger partial charge in [-0.05, 0) is 44.0 Å². The first kappa shape index (κ1) is 19.8. The molecule has 1 aromatic rings. The quantitative estimate of drug-likeness (QED) is 0.646. The molecule has 0 radical (unpaired) electrons. The van der Waals surface area contributed by atoms with E-state index in [1.165, 1.54) is 12.1 Å². The van der Waals surface area contributed by atoms with Gasteiger partial charge in [0.1, 0.15) is 5.82 Å². The molecule has 1 aliphatic heterocycles.